The maximum absolute atomic E-state index is 12.8. The van der Waals surface area contributed by atoms with Gasteiger partial charge < -0.3 is 5.32 Å². The van der Waals surface area contributed by atoms with Gasteiger partial charge in [0.05, 0.1) is 27.4 Å². The van der Waals surface area contributed by atoms with Crippen LogP contribution in [0.15, 0.2) is 28.3 Å². The van der Waals surface area contributed by atoms with E-state index < -0.39 is 10.0 Å². The molecule has 2 heterocycles. The second-order valence-corrected chi connectivity index (χ2v) is 11.1. The highest BCUT2D eigenvalue weighted by molar-refractivity contribution is 7.99. The molecule has 1 aliphatic carbocycles. The zero-order valence-corrected chi connectivity index (χ0v) is 19.4. The molecule has 4 rings (SSSR count). The van der Waals surface area contributed by atoms with Crippen LogP contribution in [0.2, 0.25) is 5.02 Å². The fourth-order valence-electron chi connectivity index (χ4n) is 3.99. The fourth-order valence-corrected chi connectivity index (χ4v) is 6.44. The van der Waals surface area contributed by atoms with E-state index in [1.165, 1.54) is 40.7 Å². The van der Waals surface area contributed by atoms with E-state index in [9.17, 15) is 13.2 Å². The van der Waals surface area contributed by atoms with Gasteiger partial charge in [-0.3, -0.25) is 4.79 Å². The summed E-state index contributed by atoms with van der Waals surface area (Å²) in [5.41, 5.74) is 0.277. The number of sulfonamides is 1. The van der Waals surface area contributed by atoms with Crippen LogP contribution < -0.4 is 5.32 Å². The van der Waals surface area contributed by atoms with E-state index in [4.69, 9.17) is 11.6 Å². The van der Waals surface area contributed by atoms with Crippen LogP contribution in [0, 0.1) is 0 Å². The lowest BCUT2D eigenvalue weighted by Gasteiger charge is -2.21. The number of amides is 1. The van der Waals surface area contributed by atoms with Crippen molar-refractivity contribution in [3.8, 4) is 0 Å². The highest BCUT2D eigenvalue weighted by Gasteiger charge is 2.28. The first-order valence-corrected chi connectivity index (χ1v) is 13.3. The highest BCUT2D eigenvalue weighted by atomic mass is 35.5. The van der Waals surface area contributed by atoms with Gasteiger partial charge in [0.15, 0.2) is 0 Å². The van der Waals surface area contributed by atoms with Gasteiger partial charge in [-0.15, -0.1) is 5.10 Å². The molecule has 31 heavy (non-hydrogen) atoms. The summed E-state index contributed by atoms with van der Waals surface area (Å²) in [4.78, 5) is 12.7. The van der Waals surface area contributed by atoms with Crippen molar-refractivity contribution in [2.75, 3.05) is 24.2 Å². The molecule has 1 aromatic carbocycles. The average molecular weight is 485 g/mol. The maximum atomic E-state index is 12.8. The number of hydrogen-bond donors (Lipinski definition) is 1. The lowest BCUT2D eigenvalue weighted by Crippen LogP contribution is -2.28. The average Bonchev–Trinajstić information content (AvgIpc) is 3.47. The lowest BCUT2D eigenvalue weighted by atomic mass is 9.96. The number of halogens is 1. The SMILES string of the molecule is O=C(CSc1nnnn1C1CCCCC1)Nc1cc(S(=O)(=O)N2CCCC2)ccc1Cl. The maximum Gasteiger partial charge on any atom is 0.243 e. The van der Waals surface area contributed by atoms with Crippen molar-refractivity contribution in [1.29, 1.82) is 0 Å². The number of carbonyl (C=O) groups excluding carboxylic acids is 1. The van der Waals surface area contributed by atoms with E-state index in [1.54, 1.807) is 0 Å². The first-order valence-electron chi connectivity index (χ1n) is 10.5. The number of tetrazole rings is 1. The third-order valence-corrected chi connectivity index (χ3v) is 8.79. The summed E-state index contributed by atoms with van der Waals surface area (Å²) in [7, 11) is -3.59. The predicted molar refractivity (Wildman–Crippen MR) is 119 cm³/mol. The molecule has 2 aliphatic rings. The van der Waals surface area contributed by atoms with E-state index in [0.29, 0.717) is 18.2 Å². The van der Waals surface area contributed by atoms with Gasteiger partial charge in [0.2, 0.25) is 21.1 Å². The fraction of sp³-hybridized carbons (Fsp3) is 0.579. The van der Waals surface area contributed by atoms with E-state index >= 15 is 0 Å². The van der Waals surface area contributed by atoms with E-state index in [2.05, 4.69) is 20.8 Å². The van der Waals surface area contributed by atoms with Gasteiger partial charge in [-0.2, -0.15) is 4.31 Å². The molecule has 1 amide bonds. The van der Waals surface area contributed by atoms with Gasteiger partial charge in [-0.1, -0.05) is 42.6 Å². The Hall–Kier alpha value is -1.69. The molecule has 1 saturated carbocycles. The quantitative estimate of drug-likeness (QED) is 0.600. The van der Waals surface area contributed by atoms with Crippen molar-refractivity contribution in [1.82, 2.24) is 24.5 Å². The van der Waals surface area contributed by atoms with Crippen molar-refractivity contribution in [3.63, 3.8) is 0 Å². The standard InChI is InChI=1S/C19H25ClN6O3S2/c20-16-9-8-15(31(28,29)25-10-4-5-11-25)12-17(16)21-18(27)13-30-19-22-23-24-26(19)14-6-2-1-3-7-14/h8-9,12,14H,1-7,10-11,13H2,(H,21,27). The number of anilines is 1. The molecule has 2 aromatic rings. The molecule has 0 spiro atoms. The van der Waals surface area contributed by atoms with Crippen LogP contribution >= 0.6 is 23.4 Å². The number of carbonyl (C=O) groups is 1. The van der Waals surface area contributed by atoms with Crippen LogP contribution in [-0.2, 0) is 14.8 Å². The smallest absolute Gasteiger partial charge is 0.243 e. The minimum Gasteiger partial charge on any atom is -0.324 e. The summed E-state index contributed by atoms with van der Waals surface area (Å²) < 4.78 is 28.9. The van der Waals surface area contributed by atoms with Gasteiger partial charge in [-0.05, 0) is 54.3 Å². The second-order valence-electron chi connectivity index (χ2n) is 7.79. The zero-order valence-electron chi connectivity index (χ0n) is 17.0. The lowest BCUT2D eigenvalue weighted by molar-refractivity contribution is -0.113. The molecule has 0 atom stereocenters. The van der Waals surface area contributed by atoms with Gasteiger partial charge in [-0.25, -0.2) is 13.1 Å². The third-order valence-electron chi connectivity index (χ3n) is 5.63. The van der Waals surface area contributed by atoms with Gasteiger partial charge in [0, 0.05) is 13.1 Å². The van der Waals surface area contributed by atoms with Crippen LogP contribution in [0.4, 0.5) is 5.69 Å². The minimum absolute atomic E-state index is 0.0898. The molecule has 9 nitrogen and oxygen atoms in total. The molecule has 168 valence electrons. The van der Waals surface area contributed by atoms with Crippen LogP contribution in [0.25, 0.3) is 0 Å². The summed E-state index contributed by atoms with van der Waals surface area (Å²) in [6.45, 7) is 1.03. The Labute approximate surface area is 190 Å². The minimum atomic E-state index is -3.59. The number of benzene rings is 1. The Morgan fingerprint density at radius 2 is 1.90 bits per heavy atom. The third kappa shape index (κ3) is 5.21. The number of aromatic nitrogens is 4. The number of nitrogens with one attached hydrogen (secondary N) is 1. The van der Waals surface area contributed by atoms with Gasteiger partial charge in [0.1, 0.15) is 0 Å². The van der Waals surface area contributed by atoms with E-state index in [-0.39, 0.29) is 33.3 Å². The molecule has 1 aliphatic heterocycles. The van der Waals surface area contributed by atoms with E-state index in [0.717, 1.165) is 38.5 Å². The summed E-state index contributed by atoms with van der Waals surface area (Å²) >= 11 is 7.47. The van der Waals surface area contributed by atoms with Crippen molar-refractivity contribution < 1.29 is 13.2 Å². The Morgan fingerprint density at radius 1 is 1.16 bits per heavy atom. The summed E-state index contributed by atoms with van der Waals surface area (Å²) in [5, 5.41) is 15.5. The van der Waals surface area contributed by atoms with Gasteiger partial charge >= 0.3 is 0 Å². The summed E-state index contributed by atoms with van der Waals surface area (Å²) in [5.74, 6) is -0.215. The van der Waals surface area contributed by atoms with Crippen molar-refractivity contribution in [2.45, 2.75) is 61.0 Å². The van der Waals surface area contributed by atoms with Crippen LogP contribution in [-0.4, -0.2) is 57.7 Å². The van der Waals surface area contributed by atoms with Gasteiger partial charge in [0.25, 0.3) is 0 Å². The van der Waals surface area contributed by atoms with E-state index in [1.807, 2.05) is 4.68 Å². The Morgan fingerprint density at radius 3 is 2.65 bits per heavy atom. The number of rotatable bonds is 7. The first kappa shape index (κ1) is 22.5. The van der Waals surface area contributed by atoms with Crippen LogP contribution in [0.5, 0.6) is 0 Å². The predicted octanol–water partition coefficient (Wildman–Crippen LogP) is 3.35. The Balaban J connectivity index is 1.41. The molecule has 0 bridgehead atoms. The number of hydrogen-bond acceptors (Lipinski definition) is 7. The molecule has 0 radical (unpaired) electrons. The highest BCUT2D eigenvalue weighted by Crippen LogP contribution is 2.31. The van der Waals surface area contributed by atoms with Crippen LogP contribution in [0.1, 0.15) is 51.0 Å². The molecule has 0 unspecified atom stereocenters. The number of nitrogens with zero attached hydrogens (tertiary/aromatic N) is 5. The van der Waals surface area contributed by atoms with Crippen molar-refractivity contribution in [2.24, 2.45) is 0 Å². The molecule has 1 N–H and O–H groups in total. The molecule has 1 saturated heterocycles. The first-order chi connectivity index (χ1) is 14.9. The molecule has 1 aromatic heterocycles. The second kappa shape index (κ2) is 9.85. The van der Waals surface area contributed by atoms with Crippen molar-refractivity contribution >= 4 is 45.0 Å². The normalized spacial score (nSPS) is 18.4. The summed E-state index contributed by atoms with van der Waals surface area (Å²) in [6.07, 6.45) is 7.34. The largest absolute Gasteiger partial charge is 0.324 e. The molecular weight excluding hydrogens is 460 g/mol. The molecular formula is C19H25ClN6O3S2. The topological polar surface area (TPSA) is 110 Å². The molecule has 12 heteroatoms. The monoisotopic (exact) mass is 484 g/mol. The van der Waals surface area contributed by atoms with Crippen LogP contribution in [0.3, 0.4) is 0 Å². The molecule has 2 fully saturated rings. The Kier molecular flexibility index (Phi) is 7.15. The van der Waals surface area contributed by atoms with Crippen molar-refractivity contribution in [3.05, 3.63) is 23.2 Å². The summed E-state index contributed by atoms with van der Waals surface area (Å²) in [6, 6.07) is 4.66. The zero-order chi connectivity index (χ0) is 21.8. The Bertz CT molecular complexity index is 1030. The number of thioether (sulfide) groups is 1.